The Balaban J connectivity index is 1.97. The zero-order valence-electron chi connectivity index (χ0n) is 11.6. The zero-order chi connectivity index (χ0) is 12.1. The minimum atomic E-state index is 0.551. The molecular formula is C16H26O. The lowest BCUT2D eigenvalue weighted by atomic mass is 9.47. The van der Waals surface area contributed by atoms with E-state index in [0.29, 0.717) is 10.8 Å². The number of hydrogen-bond acceptors (Lipinski definition) is 1. The van der Waals surface area contributed by atoms with E-state index in [-0.39, 0.29) is 0 Å². The number of fused-ring (bicyclic) bond motifs is 3. The van der Waals surface area contributed by atoms with Gasteiger partial charge in [0.1, 0.15) is 0 Å². The molecule has 0 aromatic carbocycles. The van der Waals surface area contributed by atoms with Gasteiger partial charge >= 0.3 is 0 Å². The first-order chi connectivity index (χ1) is 8.04. The van der Waals surface area contributed by atoms with Gasteiger partial charge in [0.15, 0.2) is 0 Å². The Labute approximate surface area is 106 Å². The summed E-state index contributed by atoms with van der Waals surface area (Å²) in [6, 6.07) is 0. The van der Waals surface area contributed by atoms with Crippen molar-refractivity contribution in [2.24, 2.45) is 22.7 Å². The summed E-state index contributed by atoms with van der Waals surface area (Å²) < 4.78 is 5.55. The molecule has 0 amide bonds. The Bertz CT molecular complexity index is 341. The van der Waals surface area contributed by atoms with Gasteiger partial charge in [-0.15, -0.1) is 0 Å². The third-order valence-corrected chi connectivity index (χ3v) is 6.00. The van der Waals surface area contributed by atoms with Crippen LogP contribution in [0, 0.1) is 22.7 Å². The van der Waals surface area contributed by atoms with Crippen LogP contribution in [0.25, 0.3) is 0 Å². The first-order valence-electron chi connectivity index (χ1n) is 7.34. The quantitative estimate of drug-likeness (QED) is 0.598. The molecule has 0 unspecified atom stereocenters. The Kier molecular flexibility index (Phi) is 2.57. The van der Waals surface area contributed by atoms with Crippen LogP contribution in [0.2, 0.25) is 0 Å². The SMILES string of the molecule is CC1(C)CCC[C@]2(C)[C@H]3CCOC=C3CC[C@@H]12. The van der Waals surface area contributed by atoms with Crippen LogP contribution in [0.5, 0.6) is 0 Å². The van der Waals surface area contributed by atoms with Crippen molar-refractivity contribution in [1.82, 2.24) is 0 Å². The van der Waals surface area contributed by atoms with E-state index in [1.165, 1.54) is 38.5 Å². The predicted octanol–water partition coefficient (Wildman–Crippen LogP) is 4.53. The van der Waals surface area contributed by atoms with Gasteiger partial charge in [-0.3, -0.25) is 0 Å². The van der Waals surface area contributed by atoms with Crippen molar-refractivity contribution in [1.29, 1.82) is 0 Å². The Morgan fingerprint density at radius 2 is 2.00 bits per heavy atom. The van der Waals surface area contributed by atoms with E-state index in [2.05, 4.69) is 27.0 Å². The van der Waals surface area contributed by atoms with Crippen LogP contribution in [-0.4, -0.2) is 6.61 Å². The highest BCUT2D eigenvalue weighted by molar-refractivity contribution is 5.18. The van der Waals surface area contributed by atoms with Gasteiger partial charge in [0.2, 0.25) is 0 Å². The second kappa shape index (κ2) is 3.76. The van der Waals surface area contributed by atoms with Crippen LogP contribution in [-0.2, 0) is 4.74 Å². The molecule has 1 heterocycles. The minimum Gasteiger partial charge on any atom is -0.501 e. The van der Waals surface area contributed by atoms with Crippen molar-refractivity contribution in [3.05, 3.63) is 11.8 Å². The molecule has 1 nitrogen and oxygen atoms in total. The molecule has 3 atom stereocenters. The van der Waals surface area contributed by atoms with Crippen LogP contribution in [0.15, 0.2) is 11.8 Å². The van der Waals surface area contributed by atoms with Crippen LogP contribution >= 0.6 is 0 Å². The van der Waals surface area contributed by atoms with Crippen molar-refractivity contribution in [3.8, 4) is 0 Å². The monoisotopic (exact) mass is 234 g/mol. The third-order valence-electron chi connectivity index (χ3n) is 6.00. The molecule has 0 radical (unpaired) electrons. The Morgan fingerprint density at radius 1 is 1.18 bits per heavy atom. The highest BCUT2D eigenvalue weighted by Crippen LogP contribution is 2.62. The maximum absolute atomic E-state index is 5.55. The van der Waals surface area contributed by atoms with E-state index in [1.807, 2.05) is 0 Å². The van der Waals surface area contributed by atoms with Crippen LogP contribution < -0.4 is 0 Å². The molecule has 17 heavy (non-hydrogen) atoms. The summed E-state index contributed by atoms with van der Waals surface area (Å²) in [7, 11) is 0. The number of rotatable bonds is 0. The fourth-order valence-electron chi connectivity index (χ4n) is 5.22. The topological polar surface area (TPSA) is 9.23 Å². The molecule has 2 fully saturated rings. The predicted molar refractivity (Wildman–Crippen MR) is 70.6 cm³/mol. The molecule has 2 aliphatic carbocycles. The van der Waals surface area contributed by atoms with Gasteiger partial charge in [-0.05, 0) is 60.3 Å². The average Bonchev–Trinajstić information content (AvgIpc) is 2.28. The van der Waals surface area contributed by atoms with Crippen LogP contribution in [0.1, 0.15) is 59.3 Å². The van der Waals surface area contributed by atoms with Gasteiger partial charge < -0.3 is 4.74 Å². The lowest BCUT2D eigenvalue weighted by Crippen LogP contribution is -2.50. The Hall–Kier alpha value is -0.460. The summed E-state index contributed by atoms with van der Waals surface area (Å²) in [6.07, 6.45) is 10.3. The maximum Gasteiger partial charge on any atom is 0.0879 e. The molecule has 0 bridgehead atoms. The van der Waals surface area contributed by atoms with Crippen molar-refractivity contribution >= 4 is 0 Å². The first kappa shape index (κ1) is 11.6. The van der Waals surface area contributed by atoms with Crippen molar-refractivity contribution < 1.29 is 4.74 Å². The second-order valence-electron chi connectivity index (χ2n) is 7.34. The van der Waals surface area contributed by atoms with Gasteiger partial charge in [-0.25, -0.2) is 0 Å². The average molecular weight is 234 g/mol. The van der Waals surface area contributed by atoms with Gasteiger partial charge in [-0.1, -0.05) is 27.2 Å². The van der Waals surface area contributed by atoms with E-state index in [9.17, 15) is 0 Å². The molecular weight excluding hydrogens is 208 g/mol. The van der Waals surface area contributed by atoms with E-state index >= 15 is 0 Å². The summed E-state index contributed by atoms with van der Waals surface area (Å²) in [5.74, 6) is 1.73. The summed E-state index contributed by atoms with van der Waals surface area (Å²) in [6.45, 7) is 8.52. The van der Waals surface area contributed by atoms with E-state index in [0.717, 1.165) is 18.4 Å². The third kappa shape index (κ3) is 1.65. The van der Waals surface area contributed by atoms with E-state index in [4.69, 9.17) is 4.74 Å². The van der Waals surface area contributed by atoms with Crippen molar-refractivity contribution in [3.63, 3.8) is 0 Å². The molecule has 3 aliphatic rings. The molecule has 0 aromatic rings. The van der Waals surface area contributed by atoms with Gasteiger partial charge in [0, 0.05) is 0 Å². The summed E-state index contributed by atoms with van der Waals surface area (Å²) in [4.78, 5) is 0. The number of allylic oxidation sites excluding steroid dienone is 1. The minimum absolute atomic E-state index is 0.551. The molecule has 0 spiro atoms. The van der Waals surface area contributed by atoms with Crippen molar-refractivity contribution in [2.75, 3.05) is 6.61 Å². The summed E-state index contributed by atoms with van der Waals surface area (Å²) in [5, 5.41) is 0. The smallest absolute Gasteiger partial charge is 0.0879 e. The highest BCUT2D eigenvalue weighted by Gasteiger charge is 2.53. The second-order valence-corrected chi connectivity index (χ2v) is 7.34. The fraction of sp³-hybridized carbons (Fsp3) is 0.875. The lowest BCUT2D eigenvalue weighted by Gasteiger charge is -2.58. The van der Waals surface area contributed by atoms with Crippen molar-refractivity contribution in [2.45, 2.75) is 59.3 Å². The maximum atomic E-state index is 5.55. The molecule has 1 aliphatic heterocycles. The van der Waals surface area contributed by atoms with Gasteiger partial charge in [-0.2, -0.15) is 0 Å². The molecule has 0 N–H and O–H groups in total. The Morgan fingerprint density at radius 3 is 2.82 bits per heavy atom. The van der Waals surface area contributed by atoms with Crippen LogP contribution in [0.3, 0.4) is 0 Å². The molecule has 2 saturated carbocycles. The largest absolute Gasteiger partial charge is 0.501 e. The molecule has 0 aromatic heterocycles. The lowest BCUT2D eigenvalue weighted by molar-refractivity contribution is -0.0646. The van der Waals surface area contributed by atoms with E-state index in [1.54, 1.807) is 5.57 Å². The van der Waals surface area contributed by atoms with Crippen LogP contribution in [0.4, 0.5) is 0 Å². The molecule has 1 heteroatoms. The highest BCUT2D eigenvalue weighted by atomic mass is 16.5. The number of ether oxygens (including phenoxy) is 1. The molecule has 0 saturated heterocycles. The fourth-order valence-corrected chi connectivity index (χ4v) is 5.22. The standard InChI is InChI=1S/C16H26O/c1-15(2)8-4-9-16(3)13-7-10-17-11-12(13)5-6-14(15)16/h11,13-14H,4-10H2,1-3H3/t13-,14-,16+/m0/s1. The van der Waals surface area contributed by atoms with E-state index < -0.39 is 0 Å². The van der Waals surface area contributed by atoms with Gasteiger partial charge in [0.05, 0.1) is 12.9 Å². The van der Waals surface area contributed by atoms with Gasteiger partial charge in [0.25, 0.3) is 0 Å². The summed E-state index contributed by atoms with van der Waals surface area (Å²) in [5.41, 5.74) is 2.72. The molecule has 3 rings (SSSR count). The number of hydrogen-bond donors (Lipinski definition) is 0. The first-order valence-corrected chi connectivity index (χ1v) is 7.34. The normalized spacial score (nSPS) is 44.1. The summed E-state index contributed by atoms with van der Waals surface area (Å²) >= 11 is 0. The molecule has 96 valence electrons. The zero-order valence-corrected chi connectivity index (χ0v) is 11.6.